The van der Waals surface area contributed by atoms with Crippen molar-refractivity contribution < 1.29 is 31.5 Å². The first kappa shape index (κ1) is 56.8. The van der Waals surface area contributed by atoms with Crippen LogP contribution in [0.15, 0.2) is 64.6 Å². The predicted octanol–water partition coefficient (Wildman–Crippen LogP) is 15.8. The molecule has 0 aliphatic carbocycles. The Kier molecular flexibility index (Phi) is 33.1. The summed E-state index contributed by atoms with van der Waals surface area (Å²) >= 11 is 0. The van der Waals surface area contributed by atoms with Crippen LogP contribution in [0.4, 0.5) is 11.4 Å². The first-order chi connectivity index (χ1) is 29.7. The number of Topliss-reactive ketones (excluding diaryl/α,β-unsaturated/α-hetero) is 1. The van der Waals surface area contributed by atoms with E-state index in [0.29, 0.717) is 12.0 Å². The number of carbonyl (C=O) groups is 1. The second-order valence-electron chi connectivity index (χ2n) is 17.5. The van der Waals surface area contributed by atoms with Gasteiger partial charge < -0.3 is 10.2 Å². The molecule has 3 aromatic rings. The molecule has 0 N–H and O–H groups in total. The number of hydrogen-bond donors (Lipinski definition) is 0. The van der Waals surface area contributed by atoms with Crippen LogP contribution in [0, 0.1) is 0 Å². The smallest absolute Gasteiger partial charge is 0.873 e. The predicted molar refractivity (Wildman–Crippen MR) is 262 cm³/mol. The number of nitrogens with zero attached hydrogens (tertiary/aromatic N) is 2. The van der Waals surface area contributed by atoms with Gasteiger partial charge in [-0.05, 0) is 110 Å². The van der Waals surface area contributed by atoms with Gasteiger partial charge in [-0.15, -0.1) is 11.5 Å². The number of carbonyl (C=O) groups excluding carboxylic acids is 1. The van der Waals surface area contributed by atoms with Crippen LogP contribution in [0.2, 0.25) is 0 Å². The summed E-state index contributed by atoms with van der Waals surface area (Å²) in [4.78, 5) is 22.6. The monoisotopic (exact) mass is 893 g/mol. The average molecular weight is 894 g/mol. The minimum Gasteiger partial charge on any atom is -0.873 e. The molecule has 0 heterocycles. The molecule has 0 spiro atoms. The third-order valence-corrected chi connectivity index (χ3v) is 11.3. The molecule has 0 unspecified atom stereocenters. The van der Waals surface area contributed by atoms with E-state index < -0.39 is 11.5 Å². The summed E-state index contributed by atoms with van der Waals surface area (Å²) in [6, 6.07) is 18.3. The molecule has 0 saturated carbocycles. The number of rotatable bonds is 32. The number of unbranched alkanes of at least 4 members (excludes halogenated alkanes) is 13. The third kappa shape index (κ3) is 25.2. The Balaban J connectivity index is 0.000000737. The molecule has 0 fully saturated rings. The second kappa shape index (κ2) is 36.1. The minimum absolute atomic E-state index is 0. The van der Waals surface area contributed by atoms with E-state index >= 15 is 0 Å². The fourth-order valence-electron chi connectivity index (χ4n) is 8.04. The van der Waals surface area contributed by atoms with Gasteiger partial charge in [-0.3, -0.25) is 14.8 Å². The fourth-order valence-corrected chi connectivity index (χ4v) is 8.04. The standard InChI is InChI=1S/C38H60N2.C18H28O3.Ni/c1-7-13-15-16-17-18-24-38(40-36-29-33(21-11-5)26-34(30-36)22-12-6)37(23-14-8-2)39-35-27-31(19-9-3)25-32(28-35)20-10-4;1-2-3-4-5-6-7-8-9-10-16(19)13-15-11-12-17(20)18(21)14-15;/h25-30H,7-24H2,1-6H3;11-12,14,20-21H,2-10,13H2,1H3;/q;;+2/p-2. The zero-order chi connectivity index (χ0) is 44.5. The molecule has 3 rings (SSSR count). The molecule has 62 heavy (non-hydrogen) atoms. The van der Waals surface area contributed by atoms with E-state index in [0.717, 1.165) is 69.2 Å². The SMILES string of the molecule is CCCCCCCCC(=Nc1cc(CCC)cc(CCC)c1)C(CCCC)=Nc1cc(CCC)cc(CCC)c1.CCCCCCCCCCC(=O)Cc1ccc([O-])c([O-])c1.[Ni+2]. The molecule has 0 aliphatic rings. The molecule has 5 nitrogen and oxygen atoms in total. The Bertz CT molecular complexity index is 1650. The molecule has 3 aromatic carbocycles. The molecule has 0 aromatic heterocycles. The average Bonchev–Trinajstić information content (AvgIpc) is 3.23. The van der Waals surface area contributed by atoms with E-state index in [-0.39, 0.29) is 28.7 Å². The van der Waals surface area contributed by atoms with Gasteiger partial charge in [0.1, 0.15) is 5.78 Å². The number of aliphatic imine (C=N–C) groups is 2. The Hall–Kier alpha value is -3.24. The fraction of sp³-hybridized carbons (Fsp3) is 0.625. The van der Waals surface area contributed by atoms with Crippen molar-refractivity contribution in [2.75, 3.05) is 0 Å². The maximum atomic E-state index is 11.8. The summed E-state index contributed by atoms with van der Waals surface area (Å²) in [5, 5.41) is 22.2. The normalized spacial score (nSPS) is 11.6. The summed E-state index contributed by atoms with van der Waals surface area (Å²) in [5.74, 6) is -0.874. The first-order valence-corrected chi connectivity index (χ1v) is 25.1. The maximum absolute atomic E-state index is 11.8. The van der Waals surface area contributed by atoms with Crippen molar-refractivity contribution in [1.29, 1.82) is 0 Å². The van der Waals surface area contributed by atoms with Gasteiger partial charge in [0.25, 0.3) is 0 Å². The van der Waals surface area contributed by atoms with E-state index in [1.807, 2.05) is 0 Å². The van der Waals surface area contributed by atoms with Crippen molar-refractivity contribution in [2.24, 2.45) is 9.98 Å². The van der Waals surface area contributed by atoms with Gasteiger partial charge in [0.15, 0.2) is 0 Å². The van der Waals surface area contributed by atoms with Gasteiger partial charge in [-0.1, -0.05) is 188 Å². The zero-order valence-electron chi connectivity index (χ0n) is 40.4. The second-order valence-corrected chi connectivity index (χ2v) is 17.5. The van der Waals surface area contributed by atoms with Crippen molar-refractivity contribution in [3.05, 3.63) is 82.4 Å². The first-order valence-electron chi connectivity index (χ1n) is 25.1. The quantitative estimate of drug-likeness (QED) is 0.0355. The summed E-state index contributed by atoms with van der Waals surface area (Å²) in [5.41, 5.74) is 11.0. The minimum atomic E-state index is -0.521. The number of ketones is 1. The molecule has 0 saturated heterocycles. The molecule has 0 aliphatic heterocycles. The summed E-state index contributed by atoms with van der Waals surface area (Å²) in [7, 11) is 0. The van der Waals surface area contributed by atoms with Crippen LogP contribution < -0.4 is 10.2 Å². The van der Waals surface area contributed by atoms with Gasteiger partial charge in [0.05, 0.1) is 22.8 Å². The molecule has 6 heteroatoms. The van der Waals surface area contributed by atoms with E-state index in [2.05, 4.69) is 84.9 Å². The van der Waals surface area contributed by atoms with Crippen LogP contribution in [0.1, 0.15) is 224 Å². The molecule has 348 valence electrons. The molecular formula is C56H86N2NiO3. The van der Waals surface area contributed by atoms with Crippen molar-refractivity contribution >= 4 is 28.6 Å². The van der Waals surface area contributed by atoms with E-state index in [4.69, 9.17) is 9.98 Å². The van der Waals surface area contributed by atoms with Gasteiger partial charge in [0.2, 0.25) is 0 Å². The van der Waals surface area contributed by atoms with E-state index in [9.17, 15) is 15.0 Å². The van der Waals surface area contributed by atoms with Crippen LogP contribution >= 0.6 is 0 Å². The largest absolute Gasteiger partial charge is 2.00 e. The molecule has 0 atom stereocenters. The number of hydrogen-bond acceptors (Lipinski definition) is 5. The molecular weight excluding hydrogens is 807 g/mol. The van der Waals surface area contributed by atoms with Gasteiger partial charge in [0, 0.05) is 12.8 Å². The molecule has 0 bridgehead atoms. The Morgan fingerprint density at radius 1 is 0.403 bits per heavy atom. The Morgan fingerprint density at radius 2 is 0.774 bits per heavy atom. The van der Waals surface area contributed by atoms with Gasteiger partial charge in [-0.2, -0.15) is 0 Å². The maximum Gasteiger partial charge on any atom is 2.00 e. The Labute approximate surface area is 390 Å². The Morgan fingerprint density at radius 3 is 1.16 bits per heavy atom. The van der Waals surface area contributed by atoms with Crippen molar-refractivity contribution in [2.45, 2.75) is 228 Å². The van der Waals surface area contributed by atoms with Crippen LogP contribution in [0.5, 0.6) is 11.5 Å². The van der Waals surface area contributed by atoms with Crippen LogP contribution in [-0.2, 0) is 53.4 Å². The van der Waals surface area contributed by atoms with E-state index in [1.165, 1.54) is 155 Å². The topological polar surface area (TPSA) is 87.9 Å². The van der Waals surface area contributed by atoms with Crippen molar-refractivity contribution in [3.63, 3.8) is 0 Å². The molecule has 0 radical (unpaired) electrons. The molecule has 0 amide bonds. The zero-order valence-corrected chi connectivity index (χ0v) is 41.4. The summed E-state index contributed by atoms with van der Waals surface area (Å²) in [6.07, 6.45) is 31.8. The van der Waals surface area contributed by atoms with Crippen LogP contribution in [-0.4, -0.2) is 17.2 Å². The third-order valence-electron chi connectivity index (χ3n) is 11.3. The van der Waals surface area contributed by atoms with Crippen molar-refractivity contribution in [1.82, 2.24) is 0 Å². The van der Waals surface area contributed by atoms with Gasteiger partial charge in [-0.25, -0.2) is 0 Å². The van der Waals surface area contributed by atoms with Gasteiger partial charge >= 0.3 is 16.5 Å². The number of aryl methyl sites for hydroxylation is 4. The summed E-state index contributed by atoms with van der Waals surface area (Å²) in [6.45, 7) is 15.9. The van der Waals surface area contributed by atoms with E-state index in [1.54, 1.807) is 6.07 Å². The van der Waals surface area contributed by atoms with Crippen LogP contribution in [0.3, 0.4) is 0 Å². The number of benzene rings is 3. The van der Waals surface area contributed by atoms with Crippen LogP contribution in [0.25, 0.3) is 0 Å². The van der Waals surface area contributed by atoms with Crippen molar-refractivity contribution in [3.8, 4) is 11.5 Å². The summed E-state index contributed by atoms with van der Waals surface area (Å²) < 4.78 is 0.